The fourth-order valence-corrected chi connectivity index (χ4v) is 4.28. The van der Waals surface area contributed by atoms with E-state index in [1.165, 1.54) is 0 Å². The number of Topliss-reactive ketones (excluding diaryl/α,β-unsaturated/α-hetero) is 1. The van der Waals surface area contributed by atoms with Gasteiger partial charge in [-0.05, 0) is 42.0 Å². The molecule has 7 heteroatoms. The lowest BCUT2D eigenvalue weighted by Crippen LogP contribution is -2.29. The van der Waals surface area contributed by atoms with E-state index in [9.17, 15) is 14.9 Å². The molecule has 1 N–H and O–H groups in total. The molecule has 0 fully saturated rings. The van der Waals surface area contributed by atoms with Gasteiger partial charge < -0.3 is 5.32 Å². The number of nitrogens with zero attached hydrogens (tertiary/aromatic N) is 3. The van der Waals surface area contributed by atoms with Gasteiger partial charge in [-0.15, -0.1) is 0 Å². The molecule has 0 saturated carbocycles. The summed E-state index contributed by atoms with van der Waals surface area (Å²) in [5.74, 6) is -2.84. The van der Waals surface area contributed by atoms with Gasteiger partial charge in [0.2, 0.25) is 11.7 Å². The van der Waals surface area contributed by atoms with E-state index in [2.05, 4.69) is 10.4 Å². The van der Waals surface area contributed by atoms with Crippen molar-refractivity contribution in [3.05, 3.63) is 101 Å². The molecule has 1 aliphatic rings. The maximum absolute atomic E-state index is 13.4. The minimum Gasteiger partial charge on any atom is -0.325 e. The van der Waals surface area contributed by atoms with E-state index in [0.717, 1.165) is 22.5 Å². The highest BCUT2D eigenvalue weighted by molar-refractivity contribution is 6.30. The number of para-hydroxylation sites is 2. The molecule has 4 aromatic rings. The lowest BCUT2D eigenvalue weighted by Gasteiger charge is -2.09. The summed E-state index contributed by atoms with van der Waals surface area (Å²) >= 11 is 6.20. The van der Waals surface area contributed by atoms with Crippen LogP contribution in [-0.2, 0) is 11.2 Å². The van der Waals surface area contributed by atoms with Crippen LogP contribution < -0.4 is 5.32 Å². The van der Waals surface area contributed by atoms with Gasteiger partial charge in [0.1, 0.15) is 5.69 Å². The number of carbonyl (C=O) groups excluding carboxylic acids is 2. The number of hydrogen-bond donors (Lipinski definition) is 1. The van der Waals surface area contributed by atoms with Crippen LogP contribution in [0.4, 0.5) is 5.69 Å². The predicted octanol–water partition coefficient (Wildman–Crippen LogP) is 5.06. The van der Waals surface area contributed by atoms with Crippen molar-refractivity contribution in [2.24, 2.45) is 5.92 Å². The summed E-state index contributed by atoms with van der Waals surface area (Å²) in [6.45, 7) is 0. The third-order valence-corrected chi connectivity index (χ3v) is 5.84. The van der Waals surface area contributed by atoms with Crippen molar-refractivity contribution in [3.8, 4) is 23.0 Å². The van der Waals surface area contributed by atoms with Crippen molar-refractivity contribution in [1.82, 2.24) is 9.78 Å². The molecule has 1 aliphatic carbocycles. The average Bonchev–Trinajstić information content (AvgIpc) is 3.37. The highest BCUT2D eigenvalue weighted by atomic mass is 35.5. The first-order valence-electron chi connectivity index (χ1n) is 10.3. The highest BCUT2D eigenvalue weighted by Gasteiger charge is 2.36. The number of nitriles is 1. The molecule has 0 saturated heterocycles. The van der Waals surface area contributed by atoms with Gasteiger partial charge in [0.15, 0.2) is 5.92 Å². The minimum absolute atomic E-state index is 0.121. The third kappa shape index (κ3) is 3.69. The Hall–Kier alpha value is -4.21. The molecule has 6 nitrogen and oxygen atoms in total. The summed E-state index contributed by atoms with van der Waals surface area (Å²) in [6, 6.07) is 25.6. The minimum atomic E-state index is -1.53. The van der Waals surface area contributed by atoms with Crippen LogP contribution in [0.15, 0.2) is 78.9 Å². The van der Waals surface area contributed by atoms with E-state index in [4.69, 9.17) is 11.6 Å². The Balaban J connectivity index is 1.58. The monoisotopic (exact) mass is 452 g/mol. The Morgan fingerprint density at radius 1 is 1.03 bits per heavy atom. The molecule has 5 rings (SSSR count). The normalized spacial score (nSPS) is 12.4. The number of fused-ring (bicyclic) bond motifs is 3. The van der Waals surface area contributed by atoms with E-state index in [0.29, 0.717) is 22.7 Å². The van der Waals surface area contributed by atoms with Gasteiger partial charge in [0.25, 0.3) is 0 Å². The smallest absolute Gasteiger partial charge is 0.249 e. The molecule has 0 spiro atoms. The maximum atomic E-state index is 13.4. The number of benzene rings is 3. The molecule has 0 radical (unpaired) electrons. The quantitative estimate of drug-likeness (QED) is 0.298. The molecule has 160 valence electrons. The van der Waals surface area contributed by atoms with E-state index in [1.807, 2.05) is 54.6 Å². The molecule has 33 heavy (non-hydrogen) atoms. The van der Waals surface area contributed by atoms with E-state index in [1.54, 1.807) is 35.0 Å². The summed E-state index contributed by atoms with van der Waals surface area (Å²) in [4.78, 5) is 26.2. The van der Waals surface area contributed by atoms with E-state index >= 15 is 0 Å². The zero-order valence-corrected chi connectivity index (χ0v) is 18.1. The molecule has 3 aromatic carbocycles. The van der Waals surface area contributed by atoms with Gasteiger partial charge in [0.05, 0.1) is 17.5 Å². The topological polar surface area (TPSA) is 87.8 Å². The Morgan fingerprint density at radius 3 is 2.42 bits per heavy atom. The fourth-order valence-electron chi connectivity index (χ4n) is 4.09. The van der Waals surface area contributed by atoms with Gasteiger partial charge in [-0.2, -0.15) is 10.4 Å². The molecule has 0 bridgehead atoms. The van der Waals surface area contributed by atoms with Gasteiger partial charge in [-0.1, -0.05) is 54.1 Å². The zero-order valence-electron chi connectivity index (χ0n) is 17.3. The SMILES string of the molecule is N#CC(C(=O)Nc1ccccc1)C(=O)c1nn(-c2ccccc2)c2c1Cc1cc(Cl)ccc1-2. The number of halogens is 1. The van der Waals surface area contributed by atoms with Crippen molar-refractivity contribution < 1.29 is 9.59 Å². The molecule has 1 atom stereocenters. The summed E-state index contributed by atoms with van der Waals surface area (Å²) in [5, 5.41) is 17.5. The Labute approximate surface area is 195 Å². The largest absolute Gasteiger partial charge is 0.325 e. The number of amides is 1. The molecule has 1 unspecified atom stereocenters. The van der Waals surface area contributed by atoms with Crippen LogP contribution in [0.1, 0.15) is 21.6 Å². The van der Waals surface area contributed by atoms with Gasteiger partial charge in [0, 0.05) is 28.3 Å². The molecule has 1 amide bonds. The fraction of sp³-hybridized carbons (Fsp3) is 0.0769. The van der Waals surface area contributed by atoms with Crippen LogP contribution >= 0.6 is 11.6 Å². The first-order chi connectivity index (χ1) is 16.1. The molecule has 1 aromatic heterocycles. The number of ketones is 1. The van der Waals surface area contributed by atoms with Crippen LogP contribution in [0.25, 0.3) is 16.9 Å². The zero-order chi connectivity index (χ0) is 22.9. The lowest BCUT2D eigenvalue weighted by atomic mass is 9.98. The van der Waals surface area contributed by atoms with Crippen LogP contribution in [0.2, 0.25) is 5.02 Å². The van der Waals surface area contributed by atoms with Gasteiger partial charge >= 0.3 is 0 Å². The second-order valence-electron chi connectivity index (χ2n) is 7.68. The van der Waals surface area contributed by atoms with Crippen molar-refractivity contribution in [2.75, 3.05) is 5.32 Å². The first-order valence-corrected chi connectivity index (χ1v) is 10.7. The number of anilines is 1. The summed E-state index contributed by atoms with van der Waals surface area (Å²) in [6.07, 6.45) is 0.442. The van der Waals surface area contributed by atoms with Gasteiger partial charge in [-0.25, -0.2) is 4.68 Å². The maximum Gasteiger partial charge on any atom is 0.249 e. The van der Waals surface area contributed by atoms with Crippen molar-refractivity contribution in [3.63, 3.8) is 0 Å². The Kier molecular flexibility index (Phi) is 5.25. The summed E-state index contributed by atoms with van der Waals surface area (Å²) in [7, 11) is 0. The van der Waals surface area contributed by atoms with Crippen LogP contribution in [-0.4, -0.2) is 21.5 Å². The van der Waals surface area contributed by atoms with Crippen LogP contribution in [0, 0.1) is 17.2 Å². The number of aromatic nitrogens is 2. The van der Waals surface area contributed by atoms with Crippen molar-refractivity contribution >= 4 is 29.0 Å². The number of rotatable bonds is 5. The van der Waals surface area contributed by atoms with Gasteiger partial charge in [-0.3, -0.25) is 9.59 Å². The standard InChI is InChI=1S/C26H17ClN4O2/c27-17-11-12-20-16(13-17)14-21-23(30-31(24(20)21)19-9-5-2-6-10-19)25(32)22(15-28)26(33)29-18-7-3-1-4-8-18/h1-13,22H,14H2,(H,29,33). The summed E-state index contributed by atoms with van der Waals surface area (Å²) in [5.41, 5.74) is 4.76. The third-order valence-electron chi connectivity index (χ3n) is 5.60. The first kappa shape index (κ1) is 20.7. The number of nitrogens with one attached hydrogen (secondary N) is 1. The molecular formula is C26H17ClN4O2. The molecular weight excluding hydrogens is 436 g/mol. The van der Waals surface area contributed by atoms with E-state index in [-0.39, 0.29) is 5.69 Å². The predicted molar refractivity (Wildman–Crippen MR) is 125 cm³/mol. The number of carbonyl (C=O) groups is 2. The highest BCUT2D eigenvalue weighted by Crippen LogP contribution is 2.41. The Bertz CT molecular complexity index is 1420. The van der Waals surface area contributed by atoms with Crippen molar-refractivity contribution in [1.29, 1.82) is 5.26 Å². The van der Waals surface area contributed by atoms with Crippen molar-refractivity contribution in [2.45, 2.75) is 6.42 Å². The lowest BCUT2D eigenvalue weighted by molar-refractivity contribution is -0.117. The van der Waals surface area contributed by atoms with Crippen LogP contribution in [0.5, 0.6) is 0 Å². The van der Waals surface area contributed by atoms with Crippen LogP contribution in [0.3, 0.4) is 0 Å². The Morgan fingerprint density at radius 2 is 1.73 bits per heavy atom. The average molecular weight is 453 g/mol. The van der Waals surface area contributed by atoms with E-state index < -0.39 is 17.6 Å². The number of hydrogen-bond acceptors (Lipinski definition) is 4. The molecule has 1 heterocycles. The summed E-state index contributed by atoms with van der Waals surface area (Å²) < 4.78 is 1.70. The molecule has 0 aliphatic heterocycles. The second kappa shape index (κ2) is 8.38. The second-order valence-corrected chi connectivity index (χ2v) is 8.12.